The first-order valence-corrected chi connectivity index (χ1v) is 5.51. The van der Waals surface area contributed by atoms with Crippen LogP contribution in [0.1, 0.15) is 19.3 Å². The maximum Gasteiger partial charge on any atom is 0.404 e. The fraction of sp³-hybridized carbons (Fsp3) is 0.417. The number of rotatable bonds is 3. The highest BCUT2D eigenvalue weighted by molar-refractivity contribution is 5.64. The maximum absolute atomic E-state index is 10.6. The van der Waals surface area contributed by atoms with E-state index in [-0.39, 0.29) is 6.10 Å². The van der Waals surface area contributed by atoms with Gasteiger partial charge < -0.3 is 15.8 Å². The molecule has 0 radical (unpaired) electrons. The number of benzene rings is 1. The number of carbonyl (C=O) groups is 1. The molecule has 1 aliphatic rings. The van der Waals surface area contributed by atoms with Gasteiger partial charge in [-0.3, -0.25) is 0 Å². The van der Waals surface area contributed by atoms with E-state index in [1.54, 1.807) is 0 Å². The first kappa shape index (κ1) is 10.8. The molecular weight excluding hydrogens is 204 g/mol. The molecule has 1 aromatic carbocycles. The molecule has 0 bridgehead atoms. The van der Waals surface area contributed by atoms with Crippen molar-refractivity contribution in [3.05, 3.63) is 30.3 Å². The van der Waals surface area contributed by atoms with Gasteiger partial charge in [0, 0.05) is 18.2 Å². The van der Waals surface area contributed by atoms with Gasteiger partial charge in [-0.1, -0.05) is 18.2 Å². The van der Waals surface area contributed by atoms with Crippen molar-refractivity contribution in [2.24, 2.45) is 5.73 Å². The number of anilines is 1. The summed E-state index contributed by atoms with van der Waals surface area (Å²) >= 11 is 0. The number of amides is 1. The van der Waals surface area contributed by atoms with Gasteiger partial charge in [-0.05, 0) is 25.0 Å². The second kappa shape index (κ2) is 4.88. The molecule has 0 unspecified atom stereocenters. The third-order valence-electron chi connectivity index (χ3n) is 2.81. The minimum atomic E-state index is -0.676. The minimum Gasteiger partial charge on any atom is -0.446 e. The Morgan fingerprint density at radius 2 is 2.06 bits per heavy atom. The molecule has 0 saturated heterocycles. The summed E-state index contributed by atoms with van der Waals surface area (Å²) in [6.45, 7) is 0. The van der Waals surface area contributed by atoms with Crippen LogP contribution in [0.4, 0.5) is 10.5 Å². The van der Waals surface area contributed by atoms with Crippen LogP contribution in [-0.2, 0) is 4.74 Å². The summed E-state index contributed by atoms with van der Waals surface area (Å²) in [7, 11) is 0. The Bertz CT molecular complexity index is 353. The van der Waals surface area contributed by atoms with Crippen molar-refractivity contribution in [1.29, 1.82) is 0 Å². The third-order valence-corrected chi connectivity index (χ3v) is 2.81. The maximum atomic E-state index is 10.6. The van der Waals surface area contributed by atoms with Gasteiger partial charge in [-0.15, -0.1) is 0 Å². The van der Waals surface area contributed by atoms with Crippen LogP contribution in [0.2, 0.25) is 0 Å². The number of nitrogens with one attached hydrogen (secondary N) is 1. The number of ether oxygens (including phenoxy) is 1. The average Bonchev–Trinajstić information content (AvgIpc) is 2.66. The van der Waals surface area contributed by atoms with Crippen LogP contribution in [0, 0.1) is 0 Å². The number of hydrogen-bond donors (Lipinski definition) is 2. The Kier molecular flexibility index (Phi) is 3.29. The van der Waals surface area contributed by atoms with Gasteiger partial charge in [-0.2, -0.15) is 0 Å². The lowest BCUT2D eigenvalue weighted by molar-refractivity contribution is 0.110. The Labute approximate surface area is 94.8 Å². The van der Waals surface area contributed by atoms with Crippen molar-refractivity contribution in [2.45, 2.75) is 31.4 Å². The molecule has 4 nitrogen and oxygen atoms in total. The molecule has 2 atom stereocenters. The lowest BCUT2D eigenvalue weighted by atomic mass is 10.2. The van der Waals surface area contributed by atoms with Gasteiger partial charge in [0.1, 0.15) is 6.10 Å². The van der Waals surface area contributed by atoms with E-state index in [0.29, 0.717) is 6.04 Å². The fourth-order valence-corrected chi connectivity index (χ4v) is 2.11. The van der Waals surface area contributed by atoms with E-state index in [9.17, 15) is 4.79 Å². The quantitative estimate of drug-likeness (QED) is 0.820. The normalized spacial score (nSPS) is 24.0. The molecule has 0 heterocycles. The van der Waals surface area contributed by atoms with Crippen LogP contribution in [0.15, 0.2) is 30.3 Å². The summed E-state index contributed by atoms with van der Waals surface area (Å²) in [6.07, 6.45) is 2.02. The van der Waals surface area contributed by atoms with E-state index in [4.69, 9.17) is 10.5 Å². The largest absolute Gasteiger partial charge is 0.446 e. The van der Waals surface area contributed by atoms with Crippen molar-refractivity contribution < 1.29 is 9.53 Å². The molecule has 0 spiro atoms. The lowest BCUT2D eigenvalue weighted by Gasteiger charge is -2.14. The molecule has 1 amide bonds. The summed E-state index contributed by atoms with van der Waals surface area (Å²) in [6, 6.07) is 10.4. The minimum absolute atomic E-state index is 0.0290. The molecule has 86 valence electrons. The lowest BCUT2D eigenvalue weighted by Crippen LogP contribution is -2.22. The van der Waals surface area contributed by atoms with Crippen molar-refractivity contribution in [1.82, 2.24) is 0 Å². The molecule has 0 aromatic heterocycles. The van der Waals surface area contributed by atoms with Crippen LogP contribution in [0.25, 0.3) is 0 Å². The van der Waals surface area contributed by atoms with E-state index < -0.39 is 6.09 Å². The number of primary amides is 1. The first-order valence-electron chi connectivity index (χ1n) is 5.51. The molecule has 16 heavy (non-hydrogen) atoms. The number of nitrogens with two attached hydrogens (primary N) is 1. The van der Waals surface area contributed by atoms with Gasteiger partial charge >= 0.3 is 6.09 Å². The molecule has 2 rings (SSSR count). The molecule has 4 heteroatoms. The van der Waals surface area contributed by atoms with E-state index >= 15 is 0 Å². The van der Waals surface area contributed by atoms with E-state index in [2.05, 4.69) is 5.32 Å². The van der Waals surface area contributed by atoms with Gasteiger partial charge in [0.05, 0.1) is 0 Å². The zero-order chi connectivity index (χ0) is 11.4. The number of para-hydroxylation sites is 1. The summed E-state index contributed by atoms with van der Waals surface area (Å²) in [5.41, 5.74) is 6.09. The number of carbonyl (C=O) groups excluding carboxylic acids is 1. The van der Waals surface area contributed by atoms with E-state index in [1.165, 1.54) is 0 Å². The first-order chi connectivity index (χ1) is 7.74. The average molecular weight is 220 g/mol. The Balaban J connectivity index is 1.83. The molecule has 3 N–H and O–H groups in total. The van der Waals surface area contributed by atoms with E-state index in [1.807, 2.05) is 30.3 Å². The Morgan fingerprint density at radius 1 is 1.31 bits per heavy atom. The predicted octanol–water partition coefficient (Wildman–Crippen LogP) is 2.11. The third kappa shape index (κ3) is 2.89. The summed E-state index contributed by atoms with van der Waals surface area (Å²) in [4.78, 5) is 10.6. The highest BCUT2D eigenvalue weighted by atomic mass is 16.6. The van der Waals surface area contributed by atoms with Crippen LogP contribution in [-0.4, -0.2) is 18.2 Å². The van der Waals surface area contributed by atoms with Crippen LogP contribution >= 0.6 is 0 Å². The van der Waals surface area contributed by atoms with Crippen LogP contribution in [0.3, 0.4) is 0 Å². The van der Waals surface area contributed by atoms with Crippen LogP contribution < -0.4 is 11.1 Å². The standard InChI is InChI=1S/C12H16N2O2/c13-12(15)16-11-7-6-10(8-11)14-9-4-2-1-3-5-9/h1-5,10-11,14H,6-8H2,(H2,13,15)/t10-,11+/m1/s1. The van der Waals surface area contributed by atoms with Crippen molar-refractivity contribution >= 4 is 11.8 Å². The van der Waals surface area contributed by atoms with E-state index in [0.717, 1.165) is 24.9 Å². The van der Waals surface area contributed by atoms with Gasteiger partial charge in [0.15, 0.2) is 0 Å². The van der Waals surface area contributed by atoms with Crippen molar-refractivity contribution in [3.8, 4) is 0 Å². The SMILES string of the molecule is NC(=O)O[C@H]1CC[C@@H](Nc2ccccc2)C1. The highest BCUT2D eigenvalue weighted by Crippen LogP contribution is 2.25. The predicted molar refractivity (Wildman–Crippen MR) is 62.2 cm³/mol. The highest BCUT2D eigenvalue weighted by Gasteiger charge is 2.26. The molecule has 1 aromatic rings. The summed E-state index contributed by atoms with van der Waals surface area (Å²) < 4.78 is 4.98. The molecular formula is C12H16N2O2. The molecule has 1 aliphatic carbocycles. The summed E-state index contributed by atoms with van der Waals surface area (Å²) in [5, 5.41) is 3.41. The Hall–Kier alpha value is -1.71. The smallest absolute Gasteiger partial charge is 0.404 e. The molecule has 0 aliphatic heterocycles. The van der Waals surface area contributed by atoms with Crippen molar-refractivity contribution in [3.63, 3.8) is 0 Å². The molecule has 1 saturated carbocycles. The fourth-order valence-electron chi connectivity index (χ4n) is 2.11. The topological polar surface area (TPSA) is 64.4 Å². The van der Waals surface area contributed by atoms with Gasteiger partial charge in [0.2, 0.25) is 0 Å². The molecule has 1 fully saturated rings. The second-order valence-corrected chi connectivity index (χ2v) is 4.08. The summed E-state index contributed by atoms with van der Waals surface area (Å²) in [5.74, 6) is 0. The zero-order valence-electron chi connectivity index (χ0n) is 9.06. The van der Waals surface area contributed by atoms with Gasteiger partial charge in [0.25, 0.3) is 0 Å². The second-order valence-electron chi connectivity index (χ2n) is 4.08. The van der Waals surface area contributed by atoms with Crippen molar-refractivity contribution in [2.75, 3.05) is 5.32 Å². The monoisotopic (exact) mass is 220 g/mol. The van der Waals surface area contributed by atoms with Gasteiger partial charge in [-0.25, -0.2) is 4.79 Å². The Morgan fingerprint density at radius 3 is 2.75 bits per heavy atom. The number of hydrogen-bond acceptors (Lipinski definition) is 3. The zero-order valence-corrected chi connectivity index (χ0v) is 9.06. The van der Waals surface area contributed by atoms with Crippen LogP contribution in [0.5, 0.6) is 0 Å².